The summed E-state index contributed by atoms with van der Waals surface area (Å²) in [6.07, 6.45) is 0. The molecule has 0 radical (unpaired) electrons. The van der Waals surface area contributed by atoms with Gasteiger partial charge in [-0.05, 0) is 41.0 Å². The van der Waals surface area contributed by atoms with Crippen molar-refractivity contribution in [1.29, 1.82) is 0 Å². The Morgan fingerprint density at radius 2 is 1.92 bits per heavy atom. The number of rotatable bonds is 1. The zero-order valence-corrected chi connectivity index (χ0v) is 9.96. The summed E-state index contributed by atoms with van der Waals surface area (Å²) >= 11 is 3.61. The summed E-state index contributed by atoms with van der Waals surface area (Å²) in [7, 11) is 0. The third-order valence-corrected chi connectivity index (χ3v) is 3.05. The van der Waals surface area contributed by atoms with Crippen LogP contribution in [0.2, 0.25) is 0 Å². The van der Waals surface area contributed by atoms with Crippen LogP contribution in [0.4, 0.5) is 0 Å². The average molecular weight is 302 g/mol. The molecule has 0 aliphatic rings. The Labute approximate surface area is 94.3 Å². The van der Waals surface area contributed by atoms with Gasteiger partial charge in [-0.3, -0.25) is 0 Å². The molecule has 0 saturated carbocycles. The SMILES string of the molecule is Cc1ccc(-c2nsc(I)n2)cc1. The molecule has 0 atom stereocenters. The summed E-state index contributed by atoms with van der Waals surface area (Å²) < 4.78 is 5.22. The first-order valence-corrected chi connectivity index (χ1v) is 5.67. The first-order valence-electron chi connectivity index (χ1n) is 3.82. The average Bonchev–Trinajstić information content (AvgIpc) is 2.53. The molecule has 0 fully saturated rings. The minimum Gasteiger partial charge on any atom is -0.209 e. The van der Waals surface area contributed by atoms with E-state index >= 15 is 0 Å². The summed E-state index contributed by atoms with van der Waals surface area (Å²) in [5, 5.41) is 0. The molecular weight excluding hydrogens is 295 g/mol. The largest absolute Gasteiger partial charge is 0.209 e. The number of nitrogens with zero attached hydrogens (tertiary/aromatic N) is 2. The second kappa shape index (κ2) is 3.71. The number of halogens is 1. The van der Waals surface area contributed by atoms with Crippen LogP contribution in [-0.4, -0.2) is 9.36 Å². The Kier molecular flexibility index (Phi) is 2.59. The number of benzene rings is 1. The van der Waals surface area contributed by atoms with Crippen LogP contribution >= 0.6 is 34.1 Å². The molecule has 1 aromatic heterocycles. The van der Waals surface area contributed by atoms with E-state index in [9.17, 15) is 0 Å². The molecule has 0 N–H and O–H groups in total. The predicted octanol–water partition coefficient (Wildman–Crippen LogP) is 3.12. The number of hydrogen-bond donors (Lipinski definition) is 0. The summed E-state index contributed by atoms with van der Waals surface area (Å²) in [6, 6.07) is 8.24. The monoisotopic (exact) mass is 302 g/mol. The van der Waals surface area contributed by atoms with Crippen molar-refractivity contribution in [3.8, 4) is 11.4 Å². The van der Waals surface area contributed by atoms with Crippen LogP contribution in [0.1, 0.15) is 5.56 Å². The van der Waals surface area contributed by atoms with Crippen molar-refractivity contribution in [2.24, 2.45) is 0 Å². The smallest absolute Gasteiger partial charge is 0.174 e. The summed E-state index contributed by atoms with van der Waals surface area (Å²) in [6.45, 7) is 2.07. The molecule has 4 heteroatoms. The third-order valence-electron chi connectivity index (χ3n) is 1.71. The Morgan fingerprint density at radius 3 is 2.46 bits per heavy atom. The number of aryl methyl sites for hydroxylation is 1. The fourth-order valence-electron chi connectivity index (χ4n) is 1.02. The first kappa shape index (κ1) is 9.08. The third kappa shape index (κ3) is 2.05. The van der Waals surface area contributed by atoms with Gasteiger partial charge in [0.25, 0.3) is 0 Å². The van der Waals surface area contributed by atoms with E-state index < -0.39 is 0 Å². The standard InChI is InChI=1S/C9H7IN2S/c1-6-2-4-7(5-3-6)8-11-9(10)13-12-8/h2-5H,1H3. The molecule has 0 bridgehead atoms. The Balaban J connectivity index is 2.41. The zero-order valence-electron chi connectivity index (χ0n) is 6.99. The van der Waals surface area contributed by atoms with Gasteiger partial charge in [-0.1, -0.05) is 29.8 Å². The summed E-state index contributed by atoms with van der Waals surface area (Å²) in [5.74, 6) is 0.828. The van der Waals surface area contributed by atoms with E-state index in [1.165, 1.54) is 17.1 Å². The van der Waals surface area contributed by atoms with E-state index in [0.717, 1.165) is 14.4 Å². The van der Waals surface area contributed by atoms with E-state index in [1.807, 2.05) is 12.1 Å². The molecule has 1 heterocycles. The highest BCUT2D eigenvalue weighted by molar-refractivity contribution is 14.1. The van der Waals surface area contributed by atoms with Gasteiger partial charge in [-0.2, -0.15) is 4.37 Å². The van der Waals surface area contributed by atoms with Crippen LogP contribution in [0.15, 0.2) is 24.3 Å². The Hall–Kier alpha value is -0.490. The van der Waals surface area contributed by atoms with Crippen LogP contribution in [0.3, 0.4) is 0 Å². The van der Waals surface area contributed by atoms with E-state index in [4.69, 9.17) is 0 Å². The lowest BCUT2D eigenvalue weighted by atomic mass is 10.1. The van der Waals surface area contributed by atoms with Crippen molar-refractivity contribution in [2.45, 2.75) is 6.92 Å². The van der Waals surface area contributed by atoms with Crippen LogP contribution in [0.5, 0.6) is 0 Å². The maximum absolute atomic E-state index is 4.30. The van der Waals surface area contributed by atoms with Gasteiger partial charge in [0.05, 0.1) is 0 Å². The molecule has 2 nitrogen and oxygen atoms in total. The molecule has 0 amide bonds. The molecule has 13 heavy (non-hydrogen) atoms. The van der Waals surface area contributed by atoms with E-state index in [1.54, 1.807) is 0 Å². The van der Waals surface area contributed by atoms with E-state index in [2.05, 4.69) is 51.0 Å². The van der Waals surface area contributed by atoms with E-state index in [0.29, 0.717) is 0 Å². The second-order valence-electron chi connectivity index (χ2n) is 2.74. The molecular formula is C9H7IN2S. The molecule has 0 aliphatic heterocycles. The van der Waals surface area contributed by atoms with Crippen LogP contribution in [0, 0.1) is 9.94 Å². The van der Waals surface area contributed by atoms with E-state index in [-0.39, 0.29) is 0 Å². The molecule has 2 rings (SSSR count). The zero-order chi connectivity index (χ0) is 9.26. The maximum Gasteiger partial charge on any atom is 0.174 e. The molecule has 0 unspecified atom stereocenters. The lowest BCUT2D eigenvalue weighted by Crippen LogP contribution is -1.80. The fourth-order valence-corrected chi connectivity index (χ4v) is 1.98. The van der Waals surface area contributed by atoms with Crippen LogP contribution < -0.4 is 0 Å². The van der Waals surface area contributed by atoms with Crippen molar-refractivity contribution >= 4 is 34.1 Å². The van der Waals surface area contributed by atoms with Gasteiger partial charge in [-0.15, -0.1) is 0 Å². The van der Waals surface area contributed by atoms with Gasteiger partial charge in [0, 0.05) is 5.56 Å². The normalized spacial score (nSPS) is 10.3. The Morgan fingerprint density at radius 1 is 1.23 bits per heavy atom. The summed E-state index contributed by atoms with van der Waals surface area (Å²) in [5.41, 5.74) is 2.35. The summed E-state index contributed by atoms with van der Waals surface area (Å²) in [4.78, 5) is 4.30. The van der Waals surface area contributed by atoms with Crippen molar-refractivity contribution < 1.29 is 0 Å². The molecule has 2 aromatic rings. The highest BCUT2D eigenvalue weighted by Gasteiger charge is 2.03. The molecule has 0 saturated heterocycles. The first-order chi connectivity index (χ1) is 6.25. The molecule has 0 spiro atoms. The highest BCUT2D eigenvalue weighted by Crippen LogP contribution is 2.19. The van der Waals surface area contributed by atoms with Crippen molar-refractivity contribution in [3.05, 3.63) is 32.8 Å². The predicted molar refractivity (Wildman–Crippen MR) is 62.8 cm³/mol. The van der Waals surface area contributed by atoms with Crippen LogP contribution in [0.25, 0.3) is 11.4 Å². The van der Waals surface area contributed by atoms with Gasteiger partial charge < -0.3 is 0 Å². The minimum absolute atomic E-state index is 0.828. The van der Waals surface area contributed by atoms with Gasteiger partial charge in [-0.25, -0.2) is 4.98 Å². The van der Waals surface area contributed by atoms with Crippen LogP contribution in [-0.2, 0) is 0 Å². The second-order valence-corrected chi connectivity index (χ2v) is 5.24. The molecule has 1 aromatic carbocycles. The Bertz CT molecular complexity index is 408. The van der Waals surface area contributed by atoms with Crippen molar-refractivity contribution in [2.75, 3.05) is 0 Å². The van der Waals surface area contributed by atoms with Crippen molar-refractivity contribution in [1.82, 2.24) is 9.36 Å². The highest BCUT2D eigenvalue weighted by atomic mass is 127. The van der Waals surface area contributed by atoms with Gasteiger partial charge >= 0.3 is 0 Å². The molecule has 66 valence electrons. The topological polar surface area (TPSA) is 25.8 Å². The van der Waals surface area contributed by atoms with Gasteiger partial charge in [0.15, 0.2) is 8.84 Å². The molecule has 0 aliphatic carbocycles. The minimum atomic E-state index is 0.828. The quantitative estimate of drug-likeness (QED) is 0.756. The number of hydrogen-bond acceptors (Lipinski definition) is 3. The van der Waals surface area contributed by atoms with Crippen molar-refractivity contribution in [3.63, 3.8) is 0 Å². The fraction of sp³-hybridized carbons (Fsp3) is 0.111. The van der Waals surface area contributed by atoms with Gasteiger partial charge in [0.2, 0.25) is 0 Å². The maximum atomic E-state index is 4.30. The van der Waals surface area contributed by atoms with Gasteiger partial charge in [0.1, 0.15) is 0 Å². The number of aromatic nitrogens is 2. The lowest BCUT2D eigenvalue weighted by Gasteiger charge is -1.94. The lowest BCUT2D eigenvalue weighted by molar-refractivity contribution is 1.30.